The van der Waals surface area contributed by atoms with Crippen LogP contribution >= 0.6 is 0 Å². The van der Waals surface area contributed by atoms with Crippen LogP contribution in [0.15, 0.2) is 48.7 Å². The smallest absolute Gasteiger partial charge is 0.257 e. The first-order valence-electron chi connectivity index (χ1n) is 7.02. The van der Waals surface area contributed by atoms with Crippen LogP contribution in [0.1, 0.15) is 17.3 Å². The molecule has 112 valence electrons. The van der Waals surface area contributed by atoms with E-state index in [9.17, 15) is 9.90 Å². The van der Waals surface area contributed by atoms with Crippen LogP contribution in [0, 0.1) is 0 Å². The van der Waals surface area contributed by atoms with Crippen LogP contribution < -0.4 is 10.1 Å². The quantitative estimate of drug-likeness (QED) is 0.689. The third-order valence-corrected chi connectivity index (χ3v) is 3.35. The van der Waals surface area contributed by atoms with Crippen LogP contribution in [0.3, 0.4) is 0 Å². The van der Waals surface area contributed by atoms with Crippen molar-refractivity contribution in [1.82, 2.24) is 4.98 Å². The monoisotopic (exact) mass is 296 g/mol. The van der Waals surface area contributed by atoms with Crippen molar-refractivity contribution in [2.24, 2.45) is 0 Å². The van der Waals surface area contributed by atoms with E-state index in [2.05, 4.69) is 10.3 Å². The first kappa shape index (κ1) is 14.0. The molecule has 1 amide bonds. The van der Waals surface area contributed by atoms with E-state index in [1.54, 1.807) is 42.6 Å². The van der Waals surface area contributed by atoms with Gasteiger partial charge in [0.2, 0.25) is 0 Å². The third-order valence-electron chi connectivity index (χ3n) is 3.35. The summed E-state index contributed by atoms with van der Waals surface area (Å²) in [7, 11) is 0. The van der Waals surface area contributed by atoms with E-state index >= 15 is 0 Å². The highest BCUT2D eigenvalue weighted by Gasteiger charge is 2.15. The van der Waals surface area contributed by atoms with Crippen LogP contribution in [0.5, 0.6) is 11.5 Å². The Kier molecular flexibility index (Phi) is 3.70. The van der Waals surface area contributed by atoms with Gasteiger partial charge in [-0.1, -0.05) is 6.07 Å². The number of aromatic amines is 1. The molecule has 0 aliphatic carbocycles. The van der Waals surface area contributed by atoms with Gasteiger partial charge >= 0.3 is 0 Å². The zero-order chi connectivity index (χ0) is 15.5. The topological polar surface area (TPSA) is 74.3 Å². The number of benzene rings is 2. The number of hydrogen-bond acceptors (Lipinski definition) is 3. The lowest BCUT2D eigenvalue weighted by atomic mass is 10.1. The Morgan fingerprint density at radius 2 is 2.00 bits per heavy atom. The molecule has 0 saturated carbocycles. The fraction of sp³-hybridized carbons (Fsp3) is 0.118. The number of rotatable bonds is 4. The van der Waals surface area contributed by atoms with Gasteiger partial charge < -0.3 is 20.1 Å². The number of carbonyl (C=O) groups excluding carboxylic acids is 1. The molecule has 1 aromatic heterocycles. The molecule has 5 heteroatoms. The maximum absolute atomic E-state index is 12.4. The van der Waals surface area contributed by atoms with Gasteiger partial charge in [0.1, 0.15) is 11.5 Å². The van der Waals surface area contributed by atoms with Crippen molar-refractivity contribution in [2.75, 3.05) is 11.9 Å². The first-order valence-corrected chi connectivity index (χ1v) is 7.02. The van der Waals surface area contributed by atoms with Crippen molar-refractivity contribution in [3.8, 4) is 11.5 Å². The minimum atomic E-state index is -0.281. The largest absolute Gasteiger partial charge is 0.507 e. The number of H-pyrrole nitrogens is 1. The molecule has 3 rings (SSSR count). The average Bonchev–Trinajstić information content (AvgIpc) is 2.95. The molecular formula is C17H16N2O3. The van der Waals surface area contributed by atoms with Gasteiger partial charge in [-0.15, -0.1) is 0 Å². The predicted molar refractivity (Wildman–Crippen MR) is 85.5 cm³/mol. The lowest BCUT2D eigenvalue weighted by Gasteiger charge is -2.07. The Morgan fingerprint density at radius 1 is 1.23 bits per heavy atom. The Hall–Kier alpha value is -2.95. The van der Waals surface area contributed by atoms with Crippen molar-refractivity contribution in [1.29, 1.82) is 0 Å². The van der Waals surface area contributed by atoms with Crippen molar-refractivity contribution in [2.45, 2.75) is 6.92 Å². The SMILES string of the molecule is CCOc1ccc(NC(=O)c2c[nH]c3cccc(O)c23)cc1. The third kappa shape index (κ3) is 2.61. The normalized spacial score (nSPS) is 10.6. The number of aromatic hydroxyl groups is 1. The summed E-state index contributed by atoms with van der Waals surface area (Å²) in [4.78, 5) is 15.4. The molecule has 3 aromatic rings. The van der Waals surface area contributed by atoms with Crippen molar-refractivity contribution < 1.29 is 14.6 Å². The first-order chi connectivity index (χ1) is 10.7. The molecule has 5 nitrogen and oxygen atoms in total. The van der Waals surface area contributed by atoms with Gasteiger partial charge in [-0.25, -0.2) is 0 Å². The highest BCUT2D eigenvalue weighted by Crippen LogP contribution is 2.28. The van der Waals surface area contributed by atoms with E-state index in [1.165, 1.54) is 0 Å². The number of phenolic OH excluding ortho intramolecular Hbond substituents is 1. The number of ether oxygens (including phenoxy) is 1. The number of nitrogens with one attached hydrogen (secondary N) is 2. The van der Waals surface area contributed by atoms with Crippen molar-refractivity contribution in [3.63, 3.8) is 0 Å². The lowest BCUT2D eigenvalue weighted by molar-refractivity contribution is 0.102. The molecule has 0 saturated heterocycles. The zero-order valence-corrected chi connectivity index (χ0v) is 12.1. The second-order valence-electron chi connectivity index (χ2n) is 4.81. The molecule has 0 atom stereocenters. The summed E-state index contributed by atoms with van der Waals surface area (Å²) in [6.07, 6.45) is 1.59. The number of anilines is 1. The molecule has 0 bridgehead atoms. The molecular weight excluding hydrogens is 280 g/mol. The number of hydrogen-bond donors (Lipinski definition) is 3. The van der Waals surface area contributed by atoms with E-state index in [0.717, 1.165) is 11.3 Å². The second-order valence-corrected chi connectivity index (χ2v) is 4.81. The summed E-state index contributed by atoms with van der Waals surface area (Å²) >= 11 is 0. The van der Waals surface area contributed by atoms with Crippen LogP contribution in [0.2, 0.25) is 0 Å². The predicted octanol–water partition coefficient (Wildman–Crippen LogP) is 3.52. The number of phenols is 1. The minimum absolute atomic E-state index is 0.0793. The fourth-order valence-electron chi connectivity index (χ4n) is 2.34. The summed E-state index contributed by atoms with van der Waals surface area (Å²) in [6.45, 7) is 2.51. The number of carbonyl (C=O) groups is 1. The van der Waals surface area contributed by atoms with E-state index in [4.69, 9.17) is 4.74 Å². The molecule has 0 aliphatic heterocycles. The van der Waals surface area contributed by atoms with Crippen molar-refractivity contribution in [3.05, 3.63) is 54.2 Å². The van der Waals surface area contributed by atoms with Gasteiger partial charge in [0.05, 0.1) is 17.6 Å². The van der Waals surface area contributed by atoms with E-state index in [0.29, 0.717) is 23.2 Å². The molecule has 0 unspecified atom stereocenters. The minimum Gasteiger partial charge on any atom is -0.507 e. The van der Waals surface area contributed by atoms with Crippen LogP contribution in [-0.4, -0.2) is 22.6 Å². The Labute approximate surface area is 127 Å². The maximum atomic E-state index is 12.4. The van der Waals surface area contributed by atoms with Gasteiger partial charge in [0, 0.05) is 17.4 Å². The summed E-state index contributed by atoms with van der Waals surface area (Å²) in [5.41, 5.74) is 1.79. The van der Waals surface area contributed by atoms with E-state index in [-0.39, 0.29) is 11.7 Å². The number of aromatic nitrogens is 1. The Bertz CT molecular complexity index is 806. The number of fused-ring (bicyclic) bond motifs is 1. The standard InChI is InChI=1S/C17H16N2O3/c1-2-22-12-8-6-11(7-9-12)19-17(21)13-10-18-14-4-3-5-15(20)16(13)14/h3-10,18,20H,2H2,1H3,(H,19,21). The molecule has 22 heavy (non-hydrogen) atoms. The van der Waals surface area contributed by atoms with E-state index in [1.807, 2.05) is 13.0 Å². The maximum Gasteiger partial charge on any atom is 0.257 e. The Balaban J connectivity index is 1.84. The highest BCUT2D eigenvalue weighted by molar-refractivity contribution is 6.14. The molecule has 0 spiro atoms. The van der Waals surface area contributed by atoms with Crippen LogP contribution in [0.25, 0.3) is 10.9 Å². The fourth-order valence-corrected chi connectivity index (χ4v) is 2.34. The summed E-state index contributed by atoms with van der Waals surface area (Å²) in [6, 6.07) is 12.2. The summed E-state index contributed by atoms with van der Waals surface area (Å²) < 4.78 is 5.36. The summed E-state index contributed by atoms with van der Waals surface area (Å²) in [5.74, 6) is 0.553. The Morgan fingerprint density at radius 3 is 2.73 bits per heavy atom. The van der Waals surface area contributed by atoms with Gasteiger partial charge in [-0.05, 0) is 43.3 Å². The summed E-state index contributed by atoms with van der Waals surface area (Å²) in [5, 5.41) is 13.3. The van der Waals surface area contributed by atoms with Gasteiger partial charge in [0.25, 0.3) is 5.91 Å². The molecule has 0 radical (unpaired) electrons. The molecule has 2 aromatic carbocycles. The lowest BCUT2D eigenvalue weighted by Crippen LogP contribution is -2.11. The molecule has 1 heterocycles. The highest BCUT2D eigenvalue weighted by atomic mass is 16.5. The second kappa shape index (κ2) is 5.81. The van der Waals surface area contributed by atoms with E-state index < -0.39 is 0 Å². The molecule has 0 aliphatic rings. The van der Waals surface area contributed by atoms with Gasteiger partial charge in [-0.3, -0.25) is 4.79 Å². The van der Waals surface area contributed by atoms with Gasteiger partial charge in [-0.2, -0.15) is 0 Å². The number of amides is 1. The van der Waals surface area contributed by atoms with Crippen molar-refractivity contribution >= 4 is 22.5 Å². The molecule has 3 N–H and O–H groups in total. The van der Waals surface area contributed by atoms with Crippen LogP contribution in [-0.2, 0) is 0 Å². The average molecular weight is 296 g/mol. The van der Waals surface area contributed by atoms with Gasteiger partial charge in [0.15, 0.2) is 0 Å². The zero-order valence-electron chi connectivity index (χ0n) is 12.1. The van der Waals surface area contributed by atoms with Crippen LogP contribution in [0.4, 0.5) is 5.69 Å². The molecule has 0 fully saturated rings.